The molecule has 6 rings (SSSR count). The summed E-state index contributed by atoms with van der Waals surface area (Å²) in [4.78, 5) is 20.1. The van der Waals surface area contributed by atoms with Gasteiger partial charge in [-0.25, -0.2) is 9.18 Å². The number of hydrogen-bond acceptors (Lipinski definition) is 2. The number of aromatic nitrogens is 2. The summed E-state index contributed by atoms with van der Waals surface area (Å²) in [6.07, 6.45) is 0. The van der Waals surface area contributed by atoms with Crippen LogP contribution in [-0.2, 0) is 0 Å². The molecule has 0 spiro atoms. The standard InChI is InChI=1S/C26H17FN2O2/c1-14-21(17-6-2-4-8-19(17)28-14)22-23-25(18-7-3-5-9-20(18)31-26(23)30)29-24(22)15-10-12-16(27)13-11-15/h2-13,28-29H,1H3. The first-order chi connectivity index (χ1) is 15.1. The number of hydrogen-bond donors (Lipinski definition) is 2. The van der Waals surface area contributed by atoms with E-state index in [0.29, 0.717) is 16.5 Å². The molecule has 0 saturated heterocycles. The van der Waals surface area contributed by atoms with Crippen molar-refractivity contribution < 1.29 is 8.81 Å². The lowest BCUT2D eigenvalue weighted by molar-refractivity contribution is 0.570. The van der Waals surface area contributed by atoms with Gasteiger partial charge in [0, 0.05) is 33.1 Å². The molecule has 0 aliphatic heterocycles. The second kappa shape index (κ2) is 6.44. The van der Waals surface area contributed by atoms with E-state index in [1.54, 1.807) is 18.2 Å². The zero-order valence-electron chi connectivity index (χ0n) is 16.6. The largest absolute Gasteiger partial charge is 0.422 e. The number of rotatable bonds is 2. The lowest BCUT2D eigenvalue weighted by Crippen LogP contribution is -2.00. The lowest BCUT2D eigenvalue weighted by atomic mass is 9.96. The summed E-state index contributed by atoms with van der Waals surface area (Å²) in [6.45, 7) is 1.99. The Morgan fingerprint density at radius 1 is 0.806 bits per heavy atom. The Morgan fingerprint density at radius 2 is 1.52 bits per heavy atom. The van der Waals surface area contributed by atoms with Crippen LogP contribution in [0.1, 0.15) is 5.69 Å². The quantitative estimate of drug-likeness (QED) is 0.320. The molecule has 0 aliphatic carbocycles. The molecule has 0 bridgehead atoms. The molecule has 2 N–H and O–H groups in total. The number of aromatic amines is 2. The van der Waals surface area contributed by atoms with Crippen molar-refractivity contribution in [2.24, 2.45) is 0 Å². The van der Waals surface area contributed by atoms with Crippen LogP contribution in [0.15, 0.2) is 82.0 Å². The molecule has 5 heteroatoms. The Balaban J connectivity index is 1.84. The maximum Gasteiger partial charge on any atom is 0.346 e. The average Bonchev–Trinajstić information content (AvgIpc) is 3.32. The third-order valence-corrected chi connectivity index (χ3v) is 5.84. The first-order valence-electron chi connectivity index (χ1n) is 10.0. The van der Waals surface area contributed by atoms with Crippen LogP contribution in [0.3, 0.4) is 0 Å². The Labute approximate surface area is 176 Å². The predicted molar refractivity (Wildman–Crippen MR) is 122 cm³/mol. The van der Waals surface area contributed by atoms with E-state index in [0.717, 1.165) is 44.4 Å². The number of halogens is 1. The summed E-state index contributed by atoms with van der Waals surface area (Å²) in [6, 6.07) is 21.7. The Kier molecular flexibility index (Phi) is 3.68. The summed E-state index contributed by atoms with van der Waals surface area (Å²) in [5.41, 5.74) is 6.00. The molecule has 0 fully saturated rings. The van der Waals surface area contributed by atoms with Crippen LogP contribution in [0.2, 0.25) is 0 Å². The molecule has 0 unspecified atom stereocenters. The molecule has 4 nitrogen and oxygen atoms in total. The fraction of sp³-hybridized carbons (Fsp3) is 0.0385. The van der Waals surface area contributed by atoms with E-state index in [2.05, 4.69) is 9.97 Å². The number of benzene rings is 3. The molecule has 0 saturated carbocycles. The fourth-order valence-electron chi connectivity index (χ4n) is 4.50. The van der Waals surface area contributed by atoms with Crippen LogP contribution in [0.25, 0.3) is 55.2 Å². The molecule has 0 amide bonds. The maximum absolute atomic E-state index is 13.6. The highest BCUT2D eigenvalue weighted by atomic mass is 19.1. The normalized spacial score (nSPS) is 11.7. The van der Waals surface area contributed by atoms with Crippen LogP contribution in [0, 0.1) is 12.7 Å². The monoisotopic (exact) mass is 408 g/mol. The molecular formula is C26H17FN2O2. The van der Waals surface area contributed by atoms with Gasteiger partial charge in [-0.15, -0.1) is 0 Å². The van der Waals surface area contributed by atoms with Crippen LogP contribution < -0.4 is 5.63 Å². The summed E-state index contributed by atoms with van der Waals surface area (Å²) in [5.74, 6) is -0.311. The number of aryl methyl sites for hydroxylation is 1. The van der Waals surface area contributed by atoms with Gasteiger partial charge in [0.2, 0.25) is 0 Å². The van der Waals surface area contributed by atoms with Gasteiger partial charge < -0.3 is 14.4 Å². The average molecular weight is 408 g/mol. The maximum atomic E-state index is 13.6. The van der Waals surface area contributed by atoms with E-state index in [1.807, 2.05) is 49.4 Å². The van der Waals surface area contributed by atoms with Gasteiger partial charge in [-0.1, -0.05) is 30.3 Å². The van der Waals surface area contributed by atoms with E-state index in [-0.39, 0.29) is 5.82 Å². The summed E-state index contributed by atoms with van der Waals surface area (Å²) < 4.78 is 19.3. The molecule has 0 radical (unpaired) electrons. The second-order valence-electron chi connectivity index (χ2n) is 7.69. The zero-order valence-corrected chi connectivity index (χ0v) is 16.6. The molecule has 6 aromatic rings. The third kappa shape index (κ3) is 2.56. The highest BCUT2D eigenvalue weighted by Gasteiger charge is 2.24. The van der Waals surface area contributed by atoms with Crippen LogP contribution >= 0.6 is 0 Å². The van der Waals surface area contributed by atoms with Crippen molar-refractivity contribution >= 4 is 32.8 Å². The minimum atomic E-state index is -0.405. The van der Waals surface area contributed by atoms with E-state index in [4.69, 9.17) is 4.42 Å². The molecule has 3 heterocycles. The van der Waals surface area contributed by atoms with Crippen LogP contribution in [0.5, 0.6) is 0 Å². The second-order valence-corrected chi connectivity index (χ2v) is 7.69. The topological polar surface area (TPSA) is 61.8 Å². The van der Waals surface area contributed by atoms with E-state index >= 15 is 0 Å². The third-order valence-electron chi connectivity index (χ3n) is 5.84. The summed E-state index contributed by atoms with van der Waals surface area (Å²) >= 11 is 0. The lowest BCUT2D eigenvalue weighted by Gasteiger charge is -2.06. The van der Waals surface area contributed by atoms with Gasteiger partial charge in [-0.2, -0.15) is 0 Å². The van der Waals surface area contributed by atoms with E-state index < -0.39 is 5.63 Å². The van der Waals surface area contributed by atoms with Crippen molar-refractivity contribution in [3.8, 4) is 22.4 Å². The van der Waals surface area contributed by atoms with Crippen molar-refractivity contribution in [3.63, 3.8) is 0 Å². The van der Waals surface area contributed by atoms with Crippen molar-refractivity contribution in [2.75, 3.05) is 0 Å². The van der Waals surface area contributed by atoms with Gasteiger partial charge in [0.05, 0.1) is 16.6 Å². The first kappa shape index (κ1) is 17.7. The molecule has 150 valence electrons. The highest BCUT2D eigenvalue weighted by Crippen LogP contribution is 2.43. The Hall–Kier alpha value is -4.12. The summed E-state index contributed by atoms with van der Waals surface area (Å²) in [7, 11) is 0. The smallest absolute Gasteiger partial charge is 0.346 e. The van der Waals surface area contributed by atoms with E-state index in [1.165, 1.54) is 12.1 Å². The predicted octanol–water partition coefficient (Wildman–Crippen LogP) is 6.54. The Morgan fingerprint density at radius 3 is 2.32 bits per heavy atom. The minimum absolute atomic E-state index is 0.311. The number of para-hydroxylation sites is 2. The summed E-state index contributed by atoms with van der Waals surface area (Å²) in [5, 5.41) is 2.33. The van der Waals surface area contributed by atoms with Gasteiger partial charge in [0.15, 0.2) is 0 Å². The molecule has 0 aliphatic rings. The van der Waals surface area contributed by atoms with Crippen LogP contribution in [-0.4, -0.2) is 9.97 Å². The number of H-pyrrole nitrogens is 2. The Bertz CT molecular complexity index is 1670. The number of fused-ring (bicyclic) bond motifs is 4. The van der Waals surface area contributed by atoms with Gasteiger partial charge in [-0.05, 0) is 55.0 Å². The molecule has 0 atom stereocenters. The van der Waals surface area contributed by atoms with Gasteiger partial charge in [-0.3, -0.25) is 0 Å². The van der Waals surface area contributed by atoms with Gasteiger partial charge >= 0.3 is 5.63 Å². The molecular weight excluding hydrogens is 391 g/mol. The van der Waals surface area contributed by atoms with E-state index in [9.17, 15) is 9.18 Å². The first-order valence-corrected chi connectivity index (χ1v) is 10.0. The van der Waals surface area contributed by atoms with Crippen molar-refractivity contribution in [2.45, 2.75) is 6.92 Å². The van der Waals surface area contributed by atoms with Crippen molar-refractivity contribution in [1.29, 1.82) is 0 Å². The zero-order chi connectivity index (χ0) is 21.1. The van der Waals surface area contributed by atoms with Crippen LogP contribution in [0.4, 0.5) is 4.39 Å². The van der Waals surface area contributed by atoms with Crippen molar-refractivity contribution in [1.82, 2.24) is 9.97 Å². The molecule has 3 aromatic heterocycles. The SMILES string of the molecule is Cc1[nH]c2ccccc2c1-c1c(-c2ccc(F)cc2)[nH]c2c1c(=O)oc1ccccc12. The fourth-order valence-corrected chi connectivity index (χ4v) is 4.50. The minimum Gasteiger partial charge on any atom is -0.422 e. The van der Waals surface area contributed by atoms with Gasteiger partial charge in [0.1, 0.15) is 11.4 Å². The highest BCUT2D eigenvalue weighted by molar-refractivity contribution is 6.16. The number of nitrogens with one attached hydrogen (secondary N) is 2. The molecule has 31 heavy (non-hydrogen) atoms. The molecule has 3 aromatic carbocycles. The van der Waals surface area contributed by atoms with Crippen molar-refractivity contribution in [3.05, 3.63) is 94.7 Å². The van der Waals surface area contributed by atoms with Gasteiger partial charge in [0.25, 0.3) is 0 Å².